The number of carbonyl (C=O) groups excluding carboxylic acids is 1. The standard InChI is InChI=1S/C15H19N3O4S/c1-2-17(8-11-5-6-21-10-11)13(19)9-18-15(20)22-14(16-18)12-4-3-7-23-12/h3-4,7,11H,2,5-6,8-10H2,1H3/t11-/m0/s1. The first-order valence-electron chi connectivity index (χ1n) is 7.64. The van der Waals surface area contributed by atoms with Crippen molar-refractivity contribution in [3.05, 3.63) is 28.1 Å². The van der Waals surface area contributed by atoms with Crippen molar-refractivity contribution in [1.29, 1.82) is 0 Å². The van der Waals surface area contributed by atoms with Gasteiger partial charge in [0.05, 0.1) is 11.5 Å². The van der Waals surface area contributed by atoms with Gasteiger partial charge in [-0.15, -0.1) is 16.4 Å². The van der Waals surface area contributed by atoms with Crippen molar-refractivity contribution in [2.45, 2.75) is 19.9 Å². The van der Waals surface area contributed by atoms with E-state index in [0.29, 0.717) is 25.6 Å². The fourth-order valence-electron chi connectivity index (χ4n) is 2.58. The molecular weight excluding hydrogens is 318 g/mol. The van der Waals surface area contributed by atoms with Gasteiger partial charge in [-0.05, 0) is 24.8 Å². The van der Waals surface area contributed by atoms with Gasteiger partial charge >= 0.3 is 5.76 Å². The second-order valence-electron chi connectivity index (χ2n) is 5.47. The van der Waals surface area contributed by atoms with Crippen LogP contribution in [-0.4, -0.2) is 46.9 Å². The third-order valence-corrected chi connectivity index (χ3v) is 4.72. The number of thiophene rings is 1. The van der Waals surface area contributed by atoms with Crippen LogP contribution in [0.1, 0.15) is 13.3 Å². The van der Waals surface area contributed by atoms with E-state index in [2.05, 4.69) is 5.10 Å². The lowest BCUT2D eigenvalue weighted by molar-refractivity contribution is -0.132. The summed E-state index contributed by atoms with van der Waals surface area (Å²) in [6.07, 6.45) is 0.968. The van der Waals surface area contributed by atoms with E-state index in [1.165, 1.54) is 11.3 Å². The maximum atomic E-state index is 12.4. The quantitative estimate of drug-likeness (QED) is 0.797. The van der Waals surface area contributed by atoms with Crippen LogP contribution in [0.15, 0.2) is 26.7 Å². The molecule has 23 heavy (non-hydrogen) atoms. The van der Waals surface area contributed by atoms with Gasteiger partial charge in [0.15, 0.2) is 0 Å². The molecule has 0 aromatic carbocycles. The summed E-state index contributed by atoms with van der Waals surface area (Å²) in [6, 6.07) is 3.67. The summed E-state index contributed by atoms with van der Waals surface area (Å²) in [6.45, 7) is 4.52. The minimum absolute atomic E-state index is 0.102. The Bertz CT molecular complexity index is 701. The molecule has 0 N–H and O–H groups in total. The van der Waals surface area contributed by atoms with E-state index in [4.69, 9.17) is 9.15 Å². The summed E-state index contributed by atoms with van der Waals surface area (Å²) in [7, 11) is 0. The van der Waals surface area contributed by atoms with Crippen molar-refractivity contribution in [1.82, 2.24) is 14.7 Å². The van der Waals surface area contributed by atoms with Crippen molar-refractivity contribution in [2.24, 2.45) is 5.92 Å². The largest absolute Gasteiger partial charge is 0.437 e. The Morgan fingerprint density at radius 2 is 2.43 bits per heavy atom. The second kappa shape index (κ2) is 7.10. The van der Waals surface area contributed by atoms with E-state index >= 15 is 0 Å². The SMILES string of the molecule is CCN(C[C@@H]1CCOC1)C(=O)Cn1nc(-c2cccs2)oc1=O. The van der Waals surface area contributed by atoms with E-state index < -0.39 is 5.76 Å². The molecule has 1 atom stereocenters. The van der Waals surface area contributed by atoms with Crippen molar-refractivity contribution in [2.75, 3.05) is 26.3 Å². The van der Waals surface area contributed by atoms with E-state index in [9.17, 15) is 9.59 Å². The third kappa shape index (κ3) is 3.70. The summed E-state index contributed by atoms with van der Waals surface area (Å²) in [4.78, 5) is 26.8. The second-order valence-corrected chi connectivity index (χ2v) is 6.42. The highest BCUT2D eigenvalue weighted by Gasteiger charge is 2.23. The van der Waals surface area contributed by atoms with Gasteiger partial charge in [-0.2, -0.15) is 4.68 Å². The highest BCUT2D eigenvalue weighted by Crippen LogP contribution is 2.21. The molecule has 7 nitrogen and oxygen atoms in total. The number of rotatable bonds is 6. The molecule has 3 heterocycles. The molecule has 0 aliphatic carbocycles. The number of aromatic nitrogens is 2. The number of carbonyl (C=O) groups is 1. The molecule has 1 fully saturated rings. The molecule has 8 heteroatoms. The number of hydrogen-bond donors (Lipinski definition) is 0. The molecule has 0 bridgehead atoms. The highest BCUT2D eigenvalue weighted by molar-refractivity contribution is 7.13. The molecule has 0 saturated carbocycles. The predicted molar refractivity (Wildman–Crippen MR) is 85.3 cm³/mol. The van der Waals surface area contributed by atoms with Crippen molar-refractivity contribution >= 4 is 17.2 Å². The lowest BCUT2D eigenvalue weighted by Crippen LogP contribution is -2.39. The highest BCUT2D eigenvalue weighted by atomic mass is 32.1. The molecule has 0 unspecified atom stereocenters. The number of ether oxygens (including phenoxy) is 1. The zero-order chi connectivity index (χ0) is 16.2. The Labute approximate surface area is 137 Å². The van der Waals surface area contributed by atoms with Crippen LogP contribution < -0.4 is 5.76 Å². The van der Waals surface area contributed by atoms with Crippen LogP contribution in [0.3, 0.4) is 0 Å². The van der Waals surface area contributed by atoms with Crippen LogP contribution in [0.4, 0.5) is 0 Å². The molecular formula is C15H19N3O4S. The fourth-order valence-corrected chi connectivity index (χ4v) is 3.22. The monoisotopic (exact) mass is 337 g/mol. The maximum absolute atomic E-state index is 12.4. The molecule has 124 valence electrons. The first-order chi connectivity index (χ1) is 11.2. The molecule has 0 spiro atoms. The van der Waals surface area contributed by atoms with Gasteiger partial charge in [0, 0.05) is 25.6 Å². The third-order valence-electron chi connectivity index (χ3n) is 3.86. The Kier molecular flexibility index (Phi) is 4.92. The minimum atomic E-state index is -0.609. The Morgan fingerprint density at radius 1 is 1.57 bits per heavy atom. The van der Waals surface area contributed by atoms with Gasteiger partial charge in [-0.3, -0.25) is 4.79 Å². The fraction of sp³-hybridized carbons (Fsp3) is 0.533. The van der Waals surface area contributed by atoms with E-state index in [0.717, 1.165) is 22.6 Å². The zero-order valence-corrected chi connectivity index (χ0v) is 13.8. The molecule has 1 aliphatic heterocycles. The number of amides is 1. The molecule has 1 aliphatic rings. The van der Waals surface area contributed by atoms with Crippen LogP contribution >= 0.6 is 11.3 Å². The maximum Gasteiger partial charge on any atom is 0.437 e. The van der Waals surface area contributed by atoms with Gasteiger partial charge in [0.25, 0.3) is 5.89 Å². The van der Waals surface area contributed by atoms with Gasteiger partial charge < -0.3 is 14.1 Å². The van der Waals surface area contributed by atoms with Crippen LogP contribution in [0, 0.1) is 5.92 Å². The van der Waals surface area contributed by atoms with Crippen molar-refractivity contribution in [3.8, 4) is 10.8 Å². The molecule has 2 aromatic heterocycles. The van der Waals surface area contributed by atoms with E-state index in [1.807, 2.05) is 24.4 Å². The van der Waals surface area contributed by atoms with Gasteiger partial charge in [0.2, 0.25) is 5.91 Å². The average Bonchev–Trinajstić information content (AvgIpc) is 3.27. The topological polar surface area (TPSA) is 77.6 Å². The Balaban J connectivity index is 1.67. The van der Waals surface area contributed by atoms with Gasteiger partial charge in [-0.25, -0.2) is 4.79 Å². The summed E-state index contributed by atoms with van der Waals surface area (Å²) >= 11 is 1.43. The minimum Gasteiger partial charge on any atom is -0.387 e. The molecule has 1 amide bonds. The smallest absolute Gasteiger partial charge is 0.387 e. The summed E-state index contributed by atoms with van der Waals surface area (Å²) in [5.74, 6) is -0.116. The first-order valence-corrected chi connectivity index (χ1v) is 8.52. The predicted octanol–water partition coefficient (Wildman–Crippen LogP) is 1.45. The summed E-state index contributed by atoms with van der Waals surface area (Å²) < 4.78 is 11.6. The Hall–Kier alpha value is -1.93. The lowest BCUT2D eigenvalue weighted by Gasteiger charge is -2.23. The van der Waals surface area contributed by atoms with Crippen LogP contribution in [-0.2, 0) is 16.1 Å². The van der Waals surface area contributed by atoms with E-state index in [1.54, 1.807) is 4.90 Å². The molecule has 3 rings (SSSR count). The van der Waals surface area contributed by atoms with Crippen LogP contribution in [0.25, 0.3) is 10.8 Å². The lowest BCUT2D eigenvalue weighted by atomic mass is 10.1. The number of nitrogens with zero attached hydrogens (tertiary/aromatic N) is 3. The van der Waals surface area contributed by atoms with Gasteiger partial charge in [-0.1, -0.05) is 6.07 Å². The van der Waals surface area contributed by atoms with Crippen molar-refractivity contribution < 1.29 is 13.9 Å². The van der Waals surface area contributed by atoms with Crippen molar-refractivity contribution in [3.63, 3.8) is 0 Å². The average molecular weight is 337 g/mol. The summed E-state index contributed by atoms with van der Waals surface area (Å²) in [5.41, 5.74) is 0. The summed E-state index contributed by atoms with van der Waals surface area (Å²) in [5, 5.41) is 5.99. The van der Waals surface area contributed by atoms with Crippen LogP contribution in [0.5, 0.6) is 0 Å². The zero-order valence-electron chi connectivity index (χ0n) is 12.9. The van der Waals surface area contributed by atoms with E-state index in [-0.39, 0.29) is 18.3 Å². The first kappa shape index (κ1) is 15.9. The molecule has 0 radical (unpaired) electrons. The number of hydrogen-bond acceptors (Lipinski definition) is 6. The Morgan fingerprint density at radius 3 is 3.09 bits per heavy atom. The van der Waals surface area contributed by atoms with Crippen LogP contribution in [0.2, 0.25) is 0 Å². The molecule has 1 saturated heterocycles. The normalized spacial score (nSPS) is 17.5. The van der Waals surface area contributed by atoms with Gasteiger partial charge in [0.1, 0.15) is 6.54 Å². The number of likely N-dealkylation sites (N-methyl/N-ethyl adjacent to an activating group) is 1. The molecule has 2 aromatic rings.